The molecule has 3 aromatic rings. The van der Waals surface area contributed by atoms with Gasteiger partial charge in [-0.25, -0.2) is 17.7 Å². The number of nitrogens with one attached hydrogen (secondary N) is 1. The summed E-state index contributed by atoms with van der Waals surface area (Å²) in [4.78, 5) is 17.6. The highest BCUT2D eigenvalue weighted by Gasteiger charge is 2.30. The Bertz CT molecular complexity index is 1310. The van der Waals surface area contributed by atoms with E-state index in [1.807, 2.05) is 0 Å². The van der Waals surface area contributed by atoms with Crippen LogP contribution in [0.2, 0.25) is 0 Å². The average molecular weight is 498 g/mol. The minimum absolute atomic E-state index is 0.0531. The first kappa shape index (κ1) is 24.9. The number of sulfonamides is 1. The monoisotopic (exact) mass is 497 g/mol. The van der Waals surface area contributed by atoms with E-state index in [1.54, 1.807) is 26.8 Å². The highest BCUT2D eigenvalue weighted by Crippen LogP contribution is 2.33. The summed E-state index contributed by atoms with van der Waals surface area (Å²) in [5.74, 6) is -0.481. The molecule has 0 aliphatic rings. The second-order valence-corrected chi connectivity index (χ2v) is 10.8. The quantitative estimate of drug-likeness (QED) is 0.522. The molecule has 1 N–H and O–H groups in total. The van der Waals surface area contributed by atoms with Crippen LogP contribution in [0.1, 0.15) is 32.1 Å². The molecule has 33 heavy (non-hydrogen) atoms. The smallest absolute Gasteiger partial charge is 0.321 e. The lowest BCUT2D eigenvalue weighted by Crippen LogP contribution is -2.23. The van der Waals surface area contributed by atoms with E-state index in [-0.39, 0.29) is 9.77 Å². The number of aryl methyl sites for hydroxylation is 2. The Balaban J connectivity index is 1.92. The Morgan fingerprint density at radius 1 is 1.06 bits per heavy atom. The molecule has 0 saturated carbocycles. The third-order valence-electron chi connectivity index (χ3n) is 5.13. The van der Waals surface area contributed by atoms with Gasteiger partial charge in [0, 0.05) is 25.3 Å². The molecule has 1 aromatic heterocycles. The fourth-order valence-electron chi connectivity index (χ4n) is 3.03. The molecular formula is C22H22F3N3O3S2. The number of carbonyl (C=O) groups excluding carboxylic acids is 1. The zero-order chi connectivity index (χ0) is 24.7. The van der Waals surface area contributed by atoms with Crippen molar-refractivity contribution in [2.75, 3.05) is 19.4 Å². The topological polar surface area (TPSA) is 79.4 Å². The van der Waals surface area contributed by atoms with Gasteiger partial charge in [0.15, 0.2) is 0 Å². The minimum Gasteiger partial charge on any atom is -0.321 e. The van der Waals surface area contributed by atoms with Crippen LogP contribution in [0.3, 0.4) is 0 Å². The lowest BCUT2D eigenvalue weighted by molar-refractivity contribution is -0.137. The van der Waals surface area contributed by atoms with Crippen molar-refractivity contribution < 1.29 is 26.4 Å². The van der Waals surface area contributed by atoms with E-state index in [0.29, 0.717) is 33.1 Å². The number of hydrogen-bond donors (Lipinski definition) is 1. The molecule has 0 saturated heterocycles. The summed E-state index contributed by atoms with van der Waals surface area (Å²) in [6.45, 7) is 5.15. The van der Waals surface area contributed by atoms with Crippen LogP contribution >= 0.6 is 11.3 Å². The number of halogens is 3. The molecule has 0 aliphatic heterocycles. The normalized spacial score (nSPS) is 12.3. The van der Waals surface area contributed by atoms with E-state index >= 15 is 0 Å². The van der Waals surface area contributed by atoms with Crippen molar-refractivity contribution in [3.63, 3.8) is 0 Å². The van der Waals surface area contributed by atoms with Crippen molar-refractivity contribution in [3.05, 3.63) is 63.7 Å². The van der Waals surface area contributed by atoms with Crippen molar-refractivity contribution >= 4 is 33.0 Å². The molecule has 0 radical (unpaired) electrons. The molecule has 1 heterocycles. The number of benzene rings is 2. The van der Waals surface area contributed by atoms with Gasteiger partial charge in [-0.05, 0) is 56.2 Å². The van der Waals surface area contributed by atoms with E-state index in [4.69, 9.17) is 0 Å². The first-order chi connectivity index (χ1) is 15.2. The molecule has 1 amide bonds. The summed E-state index contributed by atoms with van der Waals surface area (Å²) in [7, 11) is -0.855. The van der Waals surface area contributed by atoms with Crippen molar-refractivity contribution in [1.82, 2.24) is 9.29 Å². The van der Waals surface area contributed by atoms with Gasteiger partial charge in [0.25, 0.3) is 5.91 Å². The Morgan fingerprint density at radius 2 is 1.67 bits per heavy atom. The summed E-state index contributed by atoms with van der Waals surface area (Å²) in [6, 6.07) is 7.50. The predicted molar refractivity (Wildman–Crippen MR) is 122 cm³/mol. The number of aromatic nitrogens is 1. The maximum Gasteiger partial charge on any atom is 0.416 e. The summed E-state index contributed by atoms with van der Waals surface area (Å²) in [6.07, 6.45) is -4.44. The van der Waals surface area contributed by atoms with E-state index in [1.165, 1.54) is 32.3 Å². The molecule has 176 valence electrons. The van der Waals surface area contributed by atoms with Gasteiger partial charge in [-0.15, -0.1) is 11.3 Å². The molecule has 6 nitrogen and oxygen atoms in total. The first-order valence-electron chi connectivity index (χ1n) is 9.72. The molecule has 0 atom stereocenters. The molecule has 0 unspecified atom stereocenters. The van der Waals surface area contributed by atoms with Crippen molar-refractivity contribution in [2.24, 2.45) is 0 Å². The average Bonchev–Trinajstić information content (AvgIpc) is 3.12. The van der Waals surface area contributed by atoms with Crippen LogP contribution in [0.25, 0.3) is 10.6 Å². The van der Waals surface area contributed by atoms with E-state index in [0.717, 1.165) is 27.8 Å². The van der Waals surface area contributed by atoms with Gasteiger partial charge in [0.1, 0.15) is 9.88 Å². The molecule has 0 spiro atoms. The van der Waals surface area contributed by atoms with Crippen molar-refractivity contribution in [3.8, 4) is 10.6 Å². The summed E-state index contributed by atoms with van der Waals surface area (Å²) in [5, 5.41) is 3.16. The van der Waals surface area contributed by atoms with E-state index in [9.17, 15) is 26.4 Å². The van der Waals surface area contributed by atoms with Crippen LogP contribution in [0.4, 0.5) is 18.9 Å². The zero-order valence-corrected chi connectivity index (χ0v) is 20.2. The number of nitrogens with zero attached hydrogens (tertiary/aromatic N) is 2. The maximum atomic E-state index is 13.0. The number of carbonyl (C=O) groups is 1. The Kier molecular flexibility index (Phi) is 6.69. The molecule has 0 fully saturated rings. The molecule has 11 heteroatoms. The first-order valence-corrected chi connectivity index (χ1v) is 12.0. The van der Waals surface area contributed by atoms with Crippen LogP contribution in [0.5, 0.6) is 0 Å². The zero-order valence-electron chi connectivity index (χ0n) is 18.5. The molecule has 3 rings (SSSR count). The number of alkyl halides is 3. The van der Waals surface area contributed by atoms with Gasteiger partial charge >= 0.3 is 6.18 Å². The van der Waals surface area contributed by atoms with Gasteiger partial charge in [0.2, 0.25) is 10.0 Å². The second-order valence-electron chi connectivity index (χ2n) is 7.66. The summed E-state index contributed by atoms with van der Waals surface area (Å²) >= 11 is 1.05. The SMILES string of the molecule is Cc1cc(S(=O)(=O)N(C)C)cc(NC(=O)c2sc(-c3ccc(C(F)(F)F)cc3)nc2C)c1C. The number of rotatable bonds is 5. The predicted octanol–water partition coefficient (Wildman–Crippen LogP) is 5.26. The Hall–Kier alpha value is -2.76. The standard InChI is InChI=1S/C22H22F3N3O3S2/c1-12-10-17(33(30,31)28(4)5)11-18(13(12)2)27-20(29)19-14(3)26-21(32-19)15-6-8-16(9-7-15)22(23,24)25/h6-11H,1-5H3,(H,27,29). The van der Waals surface area contributed by atoms with Gasteiger partial charge < -0.3 is 5.32 Å². The number of thiazole rings is 1. The number of amides is 1. The van der Waals surface area contributed by atoms with Crippen molar-refractivity contribution in [2.45, 2.75) is 31.8 Å². The molecule has 2 aromatic carbocycles. The van der Waals surface area contributed by atoms with E-state index < -0.39 is 27.7 Å². The van der Waals surface area contributed by atoms with Crippen LogP contribution < -0.4 is 5.32 Å². The van der Waals surface area contributed by atoms with Gasteiger partial charge in [-0.3, -0.25) is 4.79 Å². The van der Waals surface area contributed by atoms with Crippen LogP contribution in [-0.2, 0) is 16.2 Å². The molecular weight excluding hydrogens is 475 g/mol. The molecule has 0 aliphatic carbocycles. The Morgan fingerprint density at radius 3 is 2.21 bits per heavy atom. The molecule has 0 bridgehead atoms. The fourth-order valence-corrected chi connectivity index (χ4v) is 5.01. The third-order valence-corrected chi connectivity index (χ3v) is 8.13. The summed E-state index contributed by atoms with van der Waals surface area (Å²) < 4.78 is 64.6. The van der Waals surface area contributed by atoms with Gasteiger partial charge in [-0.1, -0.05) is 12.1 Å². The highest BCUT2D eigenvalue weighted by atomic mass is 32.2. The fraction of sp³-hybridized carbons (Fsp3) is 0.273. The van der Waals surface area contributed by atoms with Gasteiger partial charge in [-0.2, -0.15) is 13.2 Å². The summed E-state index contributed by atoms with van der Waals surface area (Å²) in [5.41, 5.74) is 1.87. The Labute approximate surface area is 194 Å². The third kappa shape index (κ3) is 5.10. The largest absolute Gasteiger partial charge is 0.416 e. The number of hydrogen-bond acceptors (Lipinski definition) is 5. The van der Waals surface area contributed by atoms with Crippen LogP contribution in [0.15, 0.2) is 41.3 Å². The van der Waals surface area contributed by atoms with Gasteiger partial charge in [0.05, 0.1) is 16.2 Å². The van der Waals surface area contributed by atoms with E-state index in [2.05, 4.69) is 10.3 Å². The number of anilines is 1. The van der Waals surface area contributed by atoms with Crippen LogP contribution in [0, 0.1) is 20.8 Å². The minimum atomic E-state index is -4.44. The van der Waals surface area contributed by atoms with Crippen molar-refractivity contribution in [1.29, 1.82) is 0 Å². The lowest BCUT2D eigenvalue weighted by Gasteiger charge is -2.16. The highest BCUT2D eigenvalue weighted by molar-refractivity contribution is 7.89. The lowest BCUT2D eigenvalue weighted by atomic mass is 10.1. The van der Waals surface area contributed by atoms with Crippen LogP contribution in [-0.4, -0.2) is 37.7 Å². The maximum absolute atomic E-state index is 13.0. The second kappa shape index (κ2) is 8.88.